The van der Waals surface area contributed by atoms with E-state index in [1.54, 1.807) is 75.6 Å². The van der Waals surface area contributed by atoms with Crippen LogP contribution in [0.2, 0.25) is 0 Å². The Kier molecular flexibility index (Phi) is 21.5. The van der Waals surface area contributed by atoms with Gasteiger partial charge in [-0.05, 0) is 149 Å². The highest BCUT2D eigenvalue weighted by Gasteiger charge is 2.28. The van der Waals surface area contributed by atoms with E-state index in [1.807, 2.05) is 111 Å². The third-order valence-electron chi connectivity index (χ3n) is 18.3. The number of methoxy groups -OCH3 is 3. The molecule has 25 nitrogen and oxygen atoms in total. The number of nitrogens with zero attached hydrogens (tertiary/aromatic N) is 15. The number of carbonyl (C=O) groups is 2. The van der Waals surface area contributed by atoms with Crippen LogP contribution in [0, 0.1) is 11.8 Å². The van der Waals surface area contributed by atoms with Crippen LogP contribution in [0.3, 0.4) is 0 Å². The molecule has 1 unspecified atom stereocenters. The van der Waals surface area contributed by atoms with E-state index in [2.05, 4.69) is 121 Å². The van der Waals surface area contributed by atoms with E-state index in [1.165, 1.54) is 31.4 Å². The molecule has 25 heteroatoms. The third-order valence-corrected chi connectivity index (χ3v) is 18.3. The maximum atomic E-state index is 12.5. The molecule has 6 aromatic heterocycles. The summed E-state index contributed by atoms with van der Waals surface area (Å²) in [6, 6.07) is 38.5. The maximum Gasteiger partial charge on any atom is 0.251 e. The molecule has 0 radical (unpaired) electrons. The minimum absolute atomic E-state index is 0.0176. The Hall–Kier alpha value is -11.6. The summed E-state index contributed by atoms with van der Waals surface area (Å²) in [7, 11) is 13.9. The number of hydrogen-bond acceptors (Lipinski definition) is 20. The fraction of sp³-hybridized carbons (Fsp3) is 0.312. The predicted molar refractivity (Wildman–Crippen MR) is 398 cm³/mol. The predicted octanol–water partition coefficient (Wildman–Crippen LogP) is 12.3. The summed E-state index contributed by atoms with van der Waals surface area (Å²) in [5, 5.41) is 24.8. The van der Waals surface area contributed by atoms with Crippen molar-refractivity contribution in [3.63, 3.8) is 0 Å². The van der Waals surface area contributed by atoms with Gasteiger partial charge < -0.3 is 54.9 Å². The molecule has 2 amide bonds. The SMILES string of the molecule is CNC(=O)c1cc(OC)cc(N(CC2CC2)c2ccc3ncc(-c4cnn(C5CCCCO5)c4)nc3c2)c1.CNCCN(c1cc(OC)cc(OC)c1)c1ccc2ncc(-c3cnn(CC(=O)NC)c3)nc2c1.CNc1cccc(N(CC2CC2)c2ccc3ncc(-c4cnn(C)c4)nc3c2)c1. The van der Waals surface area contributed by atoms with E-state index in [9.17, 15) is 9.59 Å². The number of carbonyl (C=O) groups excluding carboxylic acids is 2. The summed E-state index contributed by atoms with van der Waals surface area (Å²) < 4.78 is 27.6. The zero-order chi connectivity index (χ0) is 70.6. The van der Waals surface area contributed by atoms with E-state index in [4.69, 9.17) is 33.9 Å². The van der Waals surface area contributed by atoms with Crippen LogP contribution in [0.25, 0.3) is 66.9 Å². The molecular formula is C77H85N19O6. The van der Waals surface area contributed by atoms with E-state index < -0.39 is 0 Å². The lowest BCUT2D eigenvalue weighted by molar-refractivity contribution is -0.121. The summed E-state index contributed by atoms with van der Waals surface area (Å²) in [6.07, 6.45) is 24.6. The number of rotatable bonds is 24. The van der Waals surface area contributed by atoms with Gasteiger partial charge in [-0.3, -0.25) is 33.9 Å². The molecule has 2 aliphatic carbocycles. The summed E-state index contributed by atoms with van der Waals surface area (Å²) in [5.41, 5.74) is 17.8. The van der Waals surface area contributed by atoms with E-state index in [0.717, 1.165) is 153 Å². The van der Waals surface area contributed by atoms with Gasteiger partial charge in [-0.2, -0.15) is 15.3 Å². The Morgan fingerprint density at radius 1 is 0.520 bits per heavy atom. The Balaban J connectivity index is 0.000000138. The first-order valence-corrected chi connectivity index (χ1v) is 34.4. The highest BCUT2D eigenvalue weighted by Crippen LogP contribution is 2.41. The van der Waals surface area contributed by atoms with Crippen molar-refractivity contribution >= 4 is 84.7 Å². The molecule has 2 saturated carbocycles. The normalized spacial score (nSPS) is 14.1. The highest BCUT2D eigenvalue weighted by molar-refractivity contribution is 5.96. The molecule has 15 rings (SSSR count). The Labute approximate surface area is 592 Å². The second-order valence-electron chi connectivity index (χ2n) is 25.6. The van der Waals surface area contributed by atoms with Gasteiger partial charge >= 0.3 is 0 Å². The van der Waals surface area contributed by atoms with Gasteiger partial charge in [0, 0.05) is 166 Å². The van der Waals surface area contributed by atoms with Crippen LogP contribution in [-0.2, 0) is 23.1 Å². The van der Waals surface area contributed by atoms with Crippen molar-refractivity contribution in [2.45, 2.75) is 57.7 Å². The molecular weight excluding hydrogens is 1290 g/mol. The van der Waals surface area contributed by atoms with Crippen LogP contribution in [0.4, 0.5) is 39.8 Å². The monoisotopic (exact) mass is 1370 g/mol. The lowest BCUT2D eigenvalue weighted by atomic mass is 10.1. The number of aromatic nitrogens is 12. The first kappa shape index (κ1) is 68.9. The van der Waals surface area contributed by atoms with Gasteiger partial charge in [0.05, 0.1) is 109 Å². The van der Waals surface area contributed by atoms with E-state index in [0.29, 0.717) is 34.4 Å². The van der Waals surface area contributed by atoms with Crippen LogP contribution < -0.4 is 50.2 Å². The van der Waals surface area contributed by atoms with Crippen molar-refractivity contribution in [1.29, 1.82) is 0 Å². The highest BCUT2D eigenvalue weighted by atomic mass is 16.5. The second kappa shape index (κ2) is 31.7. The third kappa shape index (κ3) is 16.7. The topological polar surface area (TPSA) is 260 Å². The molecule has 3 fully saturated rings. The fourth-order valence-corrected chi connectivity index (χ4v) is 12.2. The molecule has 1 saturated heterocycles. The van der Waals surface area contributed by atoms with Gasteiger partial charge in [-0.15, -0.1) is 0 Å². The number of hydrogen-bond donors (Lipinski definition) is 4. The summed E-state index contributed by atoms with van der Waals surface area (Å²) >= 11 is 0. The molecule has 1 aliphatic heterocycles. The lowest BCUT2D eigenvalue weighted by Gasteiger charge is -2.26. The van der Waals surface area contributed by atoms with Gasteiger partial charge in [0.2, 0.25) is 5.91 Å². The Morgan fingerprint density at radius 3 is 1.57 bits per heavy atom. The summed E-state index contributed by atoms with van der Waals surface area (Å²) in [4.78, 5) is 59.5. The number of likely N-dealkylation sites (N-methyl/N-ethyl adjacent to an activating group) is 2. The smallest absolute Gasteiger partial charge is 0.251 e. The first-order chi connectivity index (χ1) is 49.8. The number of nitrogens with one attached hydrogen (secondary N) is 4. The summed E-state index contributed by atoms with van der Waals surface area (Å²) in [6.45, 7) is 4.28. The van der Waals surface area contributed by atoms with Crippen LogP contribution in [0.1, 0.15) is 61.5 Å². The maximum absolute atomic E-state index is 12.5. The van der Waals surface area contributed by atoms with Crippen molar-refractivity contribution in [3.05, 3.63) is 177 Å². The van der Waals surface area contributed by atoms with Crippen LogP contribution >= 0.6 is 0 Å². The zero-order valence-corrected chi connectivity index (χ0v) is 58.7. The van der Waals surface area contributed by atoms with Gasteiger partial charge in [0.1, 0.15) is 30.0 Å². The molecule has 0 bridgehead atoms. The van der Waals surface area contributed by atoms with E-state index >= 15 is 0 Å². The zero-order valence-electron chi connectivity index (χ0n) is 58.7. The molecule has 6 aromatic carbocycles. The van der Waals surface area contributed by atoms with Gasteiger partial charge in [-0.25, -0.2) is 19.6 Å². The molecule has 1 atom stereocenters. The molecule has 524 valence electrons. The second-order valence-corrected chi connectivity index (χ2v) is 25.6. The number of ether oxygens (including phenoxy) is 4. The van der Waals surface area contributed by atoms with Gasteiger partial charge in [0.15, 0.2) is 0 Å². The van der Waals surface area contributed by atoms with Gasteiger partial charge in [0.25, 0.3) is 5.91 Å². The lowest BCUT2D eigenvalue weighted by Crippen LogP contribution is -2.26. The number of amides is 2. The fourth-order valence-electron chi connectivity index (χ4n) is 12.2. The number of fused-ring (bicyclic) bond motifs is 3. The Bertz CT molecular complexity index is 4880. The van der Waals surface area contributed by atoms with Crippen LogP contribution in [-0.4, -0.2) is 153 Å². The quantitative estimate of drug-likeness (QED) is 0.0438. The standard InChI is InChI=1S/C29H32N6O3.C25H29N7O3.C23H24N6/c1-30-29(36)20-11-23(13-24(12-20)37-2)34(17-19-6-7-19)22-8-9-25-26(14-22)33-27(16-31-25)21-15-32-35(18-21)28-5-3-4-10-38-28;1-26-7-8-32(19-9-20(34-3)12-21(10-19)35-4)18-5-6-22-23(11-18)30-24(14-28-22)17-13-29-31(15-17)16-25(33)27-2;1-24-18-4-3-5-19(10-18)29(14-16-6-7-16)20-8-9-21-22(11-20)27-23(13-25-21)17-12-26-28(2)15-17/h8-9,11-16,18-19,28H,3-7,10,17H2,1-2H3,(H,30,36);5-6,9-15,26H,7-8,16H2,1-4H3,(H,27,33);3-5,8-13,15-16,24H,6-7,14H2,1-2H3. The molecule has 3 aliphatic rings. The largest absolute Gasteiger partial charge is 0.497 e. The molecule has 102 heavy (non-hydrogen) atoms. The molecule has 7 heterocycles. The summed E-state index contributed by atoms with van der Waals surface area (Å²) in [5.74, 6) is 3.18. The minimum atomic E-state index is -0.148. The van der Waals surface area contributed by atoms with Crippen molar-refractivity contribution in [2.75, 3.05) is 102 Å². The van der Waals surface area contributed by atoms with E-state index in [-0.39, 0.29) is 24.6 Å². The first-order valence-electron chi connectivity index (χ1n) is 34.4. The molecule has 0 spiro atoms. The van der Waals surface area contributed by atoms with Crippen LogP contribution in [0.5, 0.6) is 17.2 Å². The van der Waals surface area contributed by atoms with Gasteiger partial charge in [-0.1, -0.05) is 6.07 Å². The number of aryl methyl sites for hydroxylation is 1. The van der Waals surface area contributed by atoms with Crippen molar-refractivity contribution < 1.29 is 28.5 Å². The number of benzene rings is 6. The van der Waals surface area contributed by atoms with Crippen molar-refractivity contribution in [2.24, 2.45) is 18.9 Å². The number of anilines is 7. The average molecular weight is 1370 g/mol. The van der Waals surface area contributed by atoms with Crippen molar-refractivity contribution in [3.8, 4) is 51.0 Å². The minimum Gasteiger partial charge on any atom is -0.497 e. The van der Waals surface area contributed by atoms with Crippen molar-refractivity contribution in [1.82, 2.24) is 75.2 Å². The Morgan fingerprint density at radius 2 is 1.05 bits per heavy atom. The average Bonchev–Trinajstić information content (AvgIpc) is 1.02. The molecule has 4 N–H and O–H groups in total. The van der Waals surface area contributed by atoms with Crippen LogP contribution in [0.15, 0.2) is 171 Å². The molecule has 12 aromatic rings.